The number of hydrogen-bond donors (Lipinski definition) is 1. The number of hydrogen-bond acceptors (Lipinski definition) is 4. The molecular weight excluding hydrogens is 626 g/mol. The molecule has 0 aliphatic heterocycles. The molecule has 0 saturated heterocycles. The Labute approximate surface area is 257 Å². The lowest BCUT2D eigenvalue weighted by Gasteiger charge is -2.32. The predicted molar refractivity (Wildman–Crippen MR) is 169 cm³/mol. The van der Waals surface area contributed by atoms with Crippen LogP contribution in [0.2, 0.25) is 5.02 Å². The molecule has 0 bridgehead atoms. The largest absolute Gasteiger partial charge is 0.354 e. The summed E-state index contributed by atoms with van der Waals surface area (Å²) in [6.45, 7) is 4.87. The van der Waals surface area contributed by atoms with E-state index in [9.17, 15) is 18.0 Å². The van der Waals surface area contributed by atoms with Crippen LogP contribution < -0.4 is 9.62 Å². The van der Waals surface area contributed by atoms with Crippen molar-refractivity contribution in [3.8, 4) is 0 Å². The van der Waals surface area contributed by atoms with Gasteiger partial charge < -0.3 is 10.2 Å². The highest BCUT2D eigenvalue weighted by molar-refractivity contribution is 9.10. The first-order chi connectivity index (χ1) is 19.4. The lowest BCUT2D eigenvalue weighted by atomic mass is 10.0. The average molecular weight is 663 g/mol. The van der Waals surface area contributed by atoms with Crippen LogP contribution in [0.3, 0.4) is 0 Å². The third kappa shape index (κ3) is 10.5. The minimum absolute atomic E-state index is 0.0614. The van der Waals surface area contributed by atoms with Gasteiger partial charge in [-0.1, -0.05) is 89.9 Å². The van der Waals surface area contributed by atoms with Crippen LogP contribution in [-0.2, 0) is 32.6 Å². The van der Waals surface area contributed by atoms with Gasteiger partial charge in [0, 0.05) is 42.0 Å². The molecule has 0 aliphatic rings. The van der Waals surface area contributed by atoms with Crippen LogP contribution >= 0.6 is 27.5 Å². The Morgan fingerprint density at radius 3 is 2.24 bits per heavy atom. The molecule has 0 aromatic heterocycles. The molecule has 1 N–H and O–H groups in total. The van der Waals surface area contributed by atoms with Crippen LogP contribution in [0.25, 0.3) is 0 Å². The van der Waals surface area contributed by atoms with Crippen LogP contribution in [0.1, 0.15) is 37.8 Å². The van der Waals surface area contributed by atoms with Gasteiger partial charge in [-0.05, 0) is 53.8 Å². The number of rotatable bonds is 14. The van der Waals surface area contributed by atoms with E-state index in [1.54, 1.807) is 29.2 Å². The predicted octanol–water partition coefficient (Wildman–Crippen LogP) is 6.06. The number of anilines is 1. The number of benzene rings is 3. The highest BCUT2D eigenvalue weighted by Crippen LogP contribution is 2.23. The number of nitrogens with zero attached hydrogens (tertiary/aromatic N) is 2. The fourth-order valence-electron chi connectivity index (χ4n) is 4.40. The van der Waals surface area contributed by atoms with E-state index >= 15 is 0 Å². The van der Waals surface area contributed by atoms with Crippen molar-refractivity contribution in [1.29, 1.82) is 0 Å². The van der Waals surface area contributed by atoms with Gasteiger partial charge >= 0.3 is 0 Å². The zero-order valence-corrected chi connectivity index (χ0v) is 26.8. The molecule has 10 heteroatoms. The molecule has 41 heavy (non-hydrogen) atoms. The van der Waals surface area contributed by atoms with Crippen molar-refractivity contribution >= 4 is 55.1 Å². The Kier molecular flexibility index (Phi) is 12.2. The van der Waals surface area contributed by atoms with Crippen molar-refractivity contribution < 1.29 is 18.0 Å². The summed E-state index contributed by atoms with van der Waals surface area (Å²) in [7, 11) is -3.61. The van der Waals surface area contributed by atoms with E-state index in [2.05, 4.69) is 21.2 Å². The lowest BCUT2D eigenvalue weighted by Crippen LogP contribution is -2.51. The second kappa shape index (κ2) is 15.4. The summed E-state index contributed by atoms with van der Waals surface area (Å²) in [5.74, 6) is -0.196. The summed E-state index contributed by atoms with van der Waals surface area (Å²) in [5, 5.41) is 3.43. The van der Waals surface area contributed by atoms with Crippen LogP contribution in [0.4, 0.5) is 5.69 Å². The Bertz CT molecular complexity index is 1400. The summed E-state index contributed by atoms with van der Waals surface area (Å²) < 4.78 is 27.3. The van der Waals surface area contributed by atoms with E-state index in [0.717, 1.165) is 21.9 Å². The smallest absolute Gasteiger partial charge is 0.243 e. The minimum Gasteiger partial charge on any atom is -0.354 e. The van der Waals surface area contributed by atoms with Gasteiger partial charge in [0.05, 0.1) is 11.9 Å². The highest BCUT2D eigenvalue weighted by Gasteiger charge is 2.30. The third-order valence-corrected chi connectivity index (χ3v) is 8.43. The van der Waals surface area contributed by atoms with E-state index in [1.165, 1.54) is 4.31 Å². The quantitative estimate of drug-likeness (QED) is 0.227. The SMILES string of the molecule is CC(C)CNC(=O)[C@@H](Cc1ccccc1)N(Cc1ccc(Br)cc1)C(=O)CCCN(c1cccc(Cl)c1)S(C)(=O)=O. The number of sulfonamides is 1. The van der Waals surface area contributed by atoms with E-state index < -0.39 is 16.1 Å². The van der Waals surface area contributed by atoms with E-state index in [4.69, 9.17) is 11.6 Å². The normalized spacial score (nSPS) is 12.1. The van der Waals surface area contributed by atoms with E-state index in [-0.39, 0.29) is 43.7 Å². The van der Waals surface area contributed by atoms with E-state index in [0.29, 0.717) is 23.7 Å². The molecule has 0 spiro atoms. The molecule has 7 nitrogen and oxygen atoms in total. The lowest BCUT2D eigenvalue weighted by molar-refractivity contribution is -0.141. The highest BCUT2D eigenvalue weighted by atomic mass is 79.9. The van der Waals surface area contributed by atoms with Crippen LogP contribution in [0.15, 0.2) is 83.3 Å². The van der Waals surface area contributed by atoms with Crippen molar-refractivity contribution in [2.75, 3.05) is 23.7 Å². The standard InChI is InChI=1S/C31H37BrClN3O4S/c1-23(2)21-34-31(38)29(19-24-9-5-4-6-10-24)35(22-25-14-16-26(32)17-15-25)30(37)13-8-18-36(41(3,39)40)28-12-7-11-27(33)20-28/h4-7,9-12,14-17,20,23,29H,8,13,18-19,21-22H2,1-3H3,(H,34,38)/t29-/m1/s1. The van der Waals surface area contributed by atoms with Crippen LogP contribution in [0.5, 0.6) is 0 Å². The zero-order chi connectivity index (χ0) is 30.0. The van der Waals surface area contributed by atoms with Gasteiger partial charge in [-0.15, -0.1) is 0 Å². The fraction of sp³-hybridized carbons (Fsp3) is 0.355. The third-order valence-electron chi connectivity index (χ3n) is 6.47. The molecule has 0 saturated carbocycles. The maximum absolute atomic E-state index is 13.9. The maximum atomic E-state index is 13.9. The Hall–Kier alpha value is -2.88. The minimum atomic E-state index is -3.61. The molecule has 0 radical (unpaired) electrons. The summed E-state index contributed by atoms with van der Waals surface area (Å²) in [4.78, 5) is 29.0. The number of carbonyl (C=O) groups is 2. The molecule has 2 amide bonds. The van der Waals surface area contributed by atoms with Crippen molar-refractivity contribution in [3.63, 3.8) is 0 Å². The van der Waals surface area contributed by atoms with Crippen LogP contribution in [0, 0.1) is 5.92 Å². The van der Waals surface area contributed by atoms with Crippen molar-refractivity contribution in [2.45, 2.75) is 45.7 Å². The molecule has 3 aromatic carbocycles. The number of amides is 2. The van der Waals surface area contributed by atoms with Gasteiger partial charge in [-0.3, -0.25) is 13.9 Å². The average Bonchev–Trinajstić information content (AvgIpc) is 2.92. The first-order valence-corrected chi connectivity index (χ1v) is 16.5. The topological polar surface area (TPSA) is 86.8 Å². The zero-order valence-electron chi connectivity index (χ0n) is 23.6. The first kappa shape index (κ1) is 32.6. The molecule has 3 aromatic rings. The van der Waals surface area contributed by atoms with Crippen molar-refractivity contribution in [1.82, 2.24) is 10.2 Å². The molecular formula is C31H37BrClN3O4S. The summed E-state index contributed by atoms with van der Waals surface area (Å²) in [5.41, 5.74) is 2.26. The second-order valence-electron chi connectivity index (χ2n) is 10.4. The van der Waals surface area contributed by atoms with Gasteiger partial charge in [-0.25, -0.2) is 8.42 Å². The Morgan fingerprint density at radius 2 is 1.63 bits per heavy atom. The maximum Gasteiger partial charge on any atom is 0.243 e. The Morgan fingerprint density at radius 1 is 0.951 bits per heavy atom. The molecule has 0 fully saturated rings. The van der Waals surface area contributed by atoms with Gasteiger partial charge in [-0.2, -0.15) is 0 Å². The van der Waals surface area contributed by atoms with Crippen molar-refractivity contribution in [2.24, 2.45) is 5.92 Å². The molecule has 0 heterocycles. The molecule has 0 unspecified atom stereocenters. The summed E-state index contributed by atoms with van der Waals surface area (Å²) in [6, 6.07) is 23.1. The fourth-order valence-corrected chi connectivity index (χ4v) is 5.80. The number of halogens is 2. The van der Waals surface area contributed by atoms with E-state index in [1.807, 2.05) is 68.4 Å². The molecule has 220 valence electrons. The molecule has 1 atom stereocenters. The van der Waals surface area contributed by atoms with Gasteiger partial charge in [0.2, 0.25) is 21.8 Å². The second-order valence-corrected chi connectivity index (χ2v) is 13.7. The Balaban J connectivity index is 1.87. The molecule has 0 aliphatic carbocycles. The van der Waals surface area contributed by atoms with Gasteiger partial charge in [0.15, 0.2) is 0 Å². The van der Waals surface area contributed by atoms with Crippen LogP contribution in [-0.4, -0.2) is 50.5 Å². The number of carbonyl (C=O) groups excluding carboxylic acids is 2. The molecule has 3 rings (SSSR count). The summed E-state index contributed by atoms with van der Waals surface area (Å²) in [6.07, 6.45) is 1.81. The summed E-state index contributed by atoms with van der Waals surface area (Å²) >= 11 is 9.56. The van der Waals surface area contributed by atoms with Gasteiger partial charge in [0.1, 0.15) is 6.04 Å². The van der Waals surface area contributed by atoms with Gasteiger partial charge in [0.25, 0.3) is 0 Å². The first-order valence-electron chi connectivity index (χ1n) is 13.5. The number of nitrogens with one attached hydrogen (secondary N) is 1. The van der Waals surface area contributed by atoms with Crippen molar-refractivity contribution in [3.05, 3.63) is 99.5 Å². The monoisotopic (exact) mass is 661 g/mol.